The van der Waals surface area contributed by atoms with Crippen LogP contribution in [0.2, 0.25) is 0 Å². The number of phenols is 1. The third-order valence-electron chi connectivity index (χ3n) is 3.75. The second-order valence-corrected chi connectivity index (χ2v) is 5.31. The highest BCUT2D eigenvalue weighted by atomic mass is 16.4. The van der Waals surface area contributed by atoms with Crippen LogP contribution in [0.4, 0.5) is 10.5 Å². The van der Waals surface area contributed by atoms with Crippen molar-refractivity contribution < 1.29 is 19.8 Å². The van der Waals surface area contributed by atoms with Crippen LogP contribution in [0, 0.1) is 5.92 Å². The van der Waals surface area contributed by atoms with Crippen LogP contribution in [-0.2, 0) is 4.79 Å². The van der Waals surface area contributed by atoms with Crippen molar-refractivity contribution in [3.8, 4) is 5.75 Å². The minimum Gasteiger partial charge on any atom is -0.508 e. The van der Waals surface area contributed by atoms with Crippen LogP contribution >= 0.6 is 0 Å². The Morgan fingerprint density at radius 2 is 1.90 bits per heavy atom. The number of carbonyl (C=O) groups is 2. The predicted octanol–water partition coefficient (Wildman–Crippen LogP) is 2.18. The standard InChI is InChI=1S/C15H20N2O4/c18-13-6-4-12(5-7-13)17(10-14(19)20)15(21)16-9-8-11-2-1-3-11/h4-7,11,18H,1-3,8-10H2,(H,16,21)(H,19,20). The molecule has 21 heavy (non-hydrogen) atoms. The van der Waals surface area contributed by atoms with Gasteiger partial charge in [-0.15, -0.1) is 0 Å². The fourth-order valence-electron chi connectivity index (χ4n) is 2.31. The smallest absolute Gasteiger partial charge is 0.323 e. The lowest BCUT2D eigenvalue weighted by Crippen LogP contribution is -2.43. The van der Waals surface area contributed by atoms with Crippen LogP contribution < -0.4 is 10.2 Å². The lowest BCUT2D eigenvalue weighted by atomic mass is 9.83. The SMILES string of the molecule is O=C(O)CN(C(=O)NCCC1CCC1)c1ccc(O)cc1. The number of nitrogens with zero attached hydrogens (tertiary/aromatic N) is 1. The second kappa shape index (κ2) is 6.97. The van der Waals surface area contributed by atoms with Gasteiger partial charge in [-0.2, -0.15) is 0 Å². The summed E-state index contributed by atoms with van der Waals surface area (Å²) in [7, 11) is 0. The van der Waals surface area contributed by atoms with Gasteiger partial charge in [-0.1, -0.05) is 19.3 Å². The zero-order valence-electron chi connectivity index (χ0n) is 11.8. The molecule has 1 saturated carbocycles. The van der Waals surface area contributed by atoms with Gasteiger partial charge in [-0.05, 0) is 36.6 Å². The summed E-state index contributed by atoms with van der Waals surface area (Å²) in [6.07, 6.45) is 4.62. The van der Waals surface area contributed by atoms with Crippen LogP contribution in [0.15, 0.2) is 24.3 Å². The molecular formula is C15H20N2O4. The first-order valence-corrected chi connectivity index (χ1v) is 7.12. The zero-order valence-corrected chi connectivity index (χ0v) is 11.8. The average Bonchev–Trinajstić information content (AvgIpc) is 2.39. The van der Waals surface area contributed by atoms with Crippen molar-refractivity contribution in [3.63, 3.8) is 0 Å². The van der Waals surface area contributed by atoms with E-state index in [1.807, 2.05) is 0 Å². The number of carbonyl (C=O) groups excluding carboxylic acids is 1. The van der Waals surface area contributed by atoms with Crippen molar-refractivity contribution in [2.24, 2.45) is 5.92 Å². The normalized spacial score (nSPS) is 14.3. The first-order valence-electron chi connectivity index (χ1n) is 7.12. The van der Waals surface area contributed by atoms with Gasteiger partial charge in [-0.25, -0.2) is 4.79 Å². The molecule has 0 radical (unpaired) electrons. The van der Waals surface area contributed by atoms with E-state index in [-0.39, 0.29) is 5.75 Å². The van der Waals surface area contributed by atoms with E-state index in [1.54, 1.807) is 0 Å². The van der Waals surface area contributed by atoms with E-state index < -0.39 is 18.5 Å². The predicted molar refractivity (Wildman–Crippen MR) is 78.4 cm³/mol. The van der Waals surface area contributed by atoms with E-state index in [9.17, 15) is 14.7 Å². The molecule has 2 amide bonds. The molecule has 0 bridgehead atoms. The Kier molecular flexibility index (Phi) is 5.03. The Hall–Kier alpha value is -2.24. The molecular weight excluding hydrogens is 272 g/mol. The van der Waals surface area contributed by atoms with Gasteiger partial charge in [0.15, 0.2) is 0 Å². The van der Waals surface area contributed by atoms with Crippen molar-refractivity contribution in [1.82, 2.24) is 5.32 Å². The zero-order chi connectivity index (χ0) is 15.2. The molecule has 1 aliphatic rings. The Morgan fingerprint density at radius 1 is 1.24 bits per heavy atom. The number of carboxylic acid groups (broad SMARTS) is 1. The maximum Gasteiger partial charge on any atom is 0.323 e. The van der Waals surface area contributed by atoms with E-state index in [4.69, 9.17) is 5.11 Å². The number of hydrogen-bond acceptors (Lipinski definition) is 3. The molecule has 0 spiro atoms. The van der Waals surface area contributed by atoms with E-state index >= 15 is 0 Å². The number of carboxylic acids is 1. The molecule has 6 heteroatoms. The van der Waals surface area contributed by atoms with Gasteiger partial charge in [0.05, 0.1) is 0 Å². The molecule has 0 saturated heterocycles. The molecule has 1 aromatic carbocycles. The number of urea groups is 1. The number of aromatic hydroxyl groups is 1. The highest BCUT2D eigenvalue weighted by Gasteiger charge is 2.20. The largest absolute Gasteiger partial charge is 0.508 e. The Bertz CT molecular complexity index is 497. The van der Waals surface area contributed by atoms with Gasteiger partial charge in [0.25, 0.3) is 0 Å². The van der Waals surface area contributed by atoms with E-state index in [0.717, 1.165) is 11.3 Å². The fraction of sp³-hybridized carbons (Fsp3) is 0.467. The molecule has 0 heterocycles. The van der Waals surface area contributed by atoms with Gasteiger partial charge in [-0.3, -0.25) is 9.69 Å². The van der Waals surface area contributed by atoms with Crippen molar-refractivity contribution in [1.29, 1.82) is 0 Å². The molecule has 0 aromatic heterocycles. The van der Waals surface area contributed by atoms with Gasteiger partial charge in [0, 0.05) is 12.2 Å². The van der Waals surface area contributed by atoms with Crippen molar-refractivity contribution in [3.05, 3.63) is 24.3 Å². The minimum atomic E-state index is -1.09. The fourth-order valence-corrected chi connectivity index (χ4v) is 2.31. The molecule has 1 aromatic rings. The van der Waals surface area contributed by atoms with E-state index in [2.05, 4.69) is 5.32 Å². The Balaban J connectivity index is 1.95. The molecule has 3 N–H and O–H groups in total. The summed E-state index contributed by atoms with van der Waals surface area (Å²) in [5.74, 6) is -0.330. The first kappa shape index (κ1) is 15.2. The van der Waals surface area contributed by atoms with Crippen LogP contribution in [0.1, 0.15) is 25.7 Å². The van der Waals surface area contributed by atoms with Crippen LogP contribution in [-0.4, -0.2) is 35.3 Å². The Morgan fingerprint density at radius 3 is 2.43 bits per heavy atom. The van der Waals surface area contributed by atoms with Crippen molar-refractivity contribution >= 4 is 17.7 Å². The highest BCUT2D eigenvalue weighted by Crippen LogP contribution is 2.28. The maximum absolute atomic E-state index is 12.1. The first-order chi connectivity index (χ1) is 10.1. The monoisotopic (exact) mass is 292 g/mol. The van der Waals surface area contributed by atoms with Gasteiger partial charge < -0.3 is 15.5 Å². The van der Waals surface area contributed by atoms with Gasteiger partial charge in [0.1, 0.15) is 12.3 Å². The highest BCUT2D eigenvalue weighted by molar-refractivity contribution is 5.96. The van der Waals surface area contributed by atoms with Crippen molar-refractivity contribution in [2.75, 3.05) is 18.0 Å². The number of aliphatic carboxylic acids is 1. The number of amides is 2. The van der Waals surface area contributed by atoms with Crippen LogP contribution in [0.5, 0.6) is 5.75 Å². The molecule has 1 fully saturated rings. The third kappa shape index (κ3) is 4.37. The minimum absolute atomic E-state index is 0.0689. The third-order valence-corrected chi connectivity index (χ3v) is 3.75. The number of rotatable bonds is 6. The molecule has 0 aliphatic heterocycles. The summed E-state index contributed by atoms with van der Waals surface area (Å²) in [6, 6.07) is 5.45. The summed E-state index contributed by atoms with van der Waals surface area (Å²) in [5, 5.41) is 21.0. The lowest BCUT2D eigenvalue weighted by molar-refractivity contribution is -0.135. The molecule has 2 rings (SSSR count). The van der Waals surface area contributed by atoms with Gasteiger partial charge in [0.2, 0.25) is 0 Å². The second-order valence-electron chi connectivity index (χ2n) is 5.31. The molecule has 0 unspecified atom stereocenters. The number of anilines is 1. The summed E-state index contributed by atoms with van der Waals surface area (Å²) in [5.41, 5.74) is 0.441. The van der Waals surface area contributed by atoms with E-state index in [1.165, 1.54) is 43.5 Å². The topological polar surface area (TPSA) is 89.9 Å². The number of benzene rings is 1. The molecule has 114 valence electrons. The molecule has 1 aliphatic carbocycles. The summed E-state index contributed by atoms with van der Waals surface area (Å²) in [6.45, 7) is 0.137. The number of nitrogens with one attached hydrogen (secondary N) is 1. The van der Waals surface area contributed by atoms with E-state index in [0.29, 0.717) is 18.2 Å². The number of hydrogen-bond donors (Lipinski definition) is 3. The average molecular weight is 292 g/mol. The van der Waals surface area contributed by atoms with Crippen LogP contribution in [0.3, 0.4) is 0 Å². The summed E-state index contributed by atoms with van der Waals surface area (Å²) >= 11 is 0. The summed E-state index contributed by atoms with van der Waals surface area (Å²) < 4.78 is 0. The molecule has 6 nitrogen and oxygen atoms in total. The Labute approximate surface area is 123 Å². The maximum atomic E-state index is 12.1. The van der Waals surface area contributed by atoms with Crippen LogP contribution in [0.25, 0.3) is 0 Å². The lowest BCUT2D eigenvalue weighted by Gasteiger charge is -2.26. The van der Waals surface area contributed by atoms with Gasteiger partial charge >= 0.3 is 12.0 Å². The summed E-state index contributed by atoms with van der Waals surface area (Å²) in [4.78, 5) is 24.2. The molecule has 0 atom stereocenters. The van der Waals surface area contributed by atoms with Crippen molar-refractivity contribution in [2.45, 2.75) is 25.7 Å². The quantitative estimate of drug-likeness (QED) is 0.749. The number of phenolic OH excluding ortho intramolecular Hbond substituents is 1.